The van der Waals surface area contributed by atoms with Gasteiger partial charge in [0.2, 0.25) is 5.95 Å². The van der Waals surface area contributed by atoms with Crippen LogP contribution in [0.3, 0.4) is 0 Å². The third-order valence-electron chi connectivity index (χ3n) is 6.95. The summed E-state index contributed by atoms with van der Waals surface area (Å²) < 4.78 is 7.90. The summed E-state index contributed by atoms with van der Waals surface area (Å²) in [4.78, 5) is 18.6. The third-order valence-corrected chi connectivity index (χ3v) is 6.95. The van der Waals surface area contributed by atoms with Crippen LogP contribution in [0.1, 0.15) is 24.5 Å². The van der Waals surface area contributed by atoms with E-state index in [1.807, 2.05) is 72.8 Å². The molecule has 5 heteroatoms. The van der Waals surface area contributed by atoms with Crippen LogP contribution in [0.5, 0.6) is 0 Å². The van der Waals surface area contributed by atoms with Crippen molar-refractivity contribution in [2.45, 2.75) is 31.6 Å². The Hall–Kier alpha value is -4.22. The summed E-state index contributed by atoms with van der Waals surface area (Å²) in [5.74, 6) is 0.212. The summed E-state index contributed by atoms with van der Waals surface area (Å²) in [6, 6.07) is 34.4. The van der Waals surface area contributed by atoms with Crippen LogP contribution in [0.25, 0.3) is 33.2 Å². The molecule has 1 fully saturated rings. The first-order valence-electron chi connectivity index (χ1n) is 12.3. The van der Waals surface area contributed by atoms with E-state index in [0.29, 0.717) is 17.4 Å². The number of nitrogens with zero attached hydrogens (tertiary/aromatic N) is 2. The summed E-state index contributed by atoms with van der Waals surface area (Å²) in [5.41, 5.74) is 11.9. The van der Waals surface area contributed by atoms with Crippen molar-refractivity contribution < 1.29 is 4.74 Å². The van der Waals surface area contributed by atoms with Gasteiger partial charge in [0.1, 0.15) is 0 Å². The average Bonchev–Trinajstić information content (AvgIpc) is 3.40. The lowest BCUT2D eigenvalue weighted by Crippen LogP contribution is -2.30. The Bertz CT molecular complexity index is 1560. The van der Waals surface area contributed by atoms with Gasteiger partial charge in [0.15, 0.2) is 0 Å². The van der Waals surface area contributed by atoms with Crippen LogP contribution >= 0.6 is 0 Å². The van der Waals surface area contributed by atoms with Crippen molar-refractivity contribution in [3.8, 4) is 22.3 Å². The van der Waals surface area contributed by atoms with E-state index in [2.05, 4.69) is 30.3 Å². The highest BCUT2D eigenvalue weighted by Crippen LogP contribution is 2.35. The Labute approximate surface area is 209 Å². The molecule has 0 saturated carbocycles. The summed E-state index contributed by atoms with van der Waals surface area (Å²) in [6.45, 7) is 0.381. The molecule has 1 saturated heterocycles. The van der Waals surface area contributed by atoms with E-state index in [9.17, 15) is 4.79 Å². The molecule has 0 amide bonds. The minimum Gasteiger partial charge on any atom is -0.369 e. The van der Waals surface area contributed by atoms with E-state index < -0.39 is 0 Å². The maximum Gasteiger partial charge on any atom is 0.263 e. The standard InChI is InChI=1S/C31H27N3O2/c32-31-33-27-19-24(21-10-4-1-5-11-21)18-26(22-12-6-2-7-13-22)29(27)30(35)34(31)20-25-16-17-28(36-25)23-14-8-3-9-15-23/h1-15,18-19,25,28H,16-17,20H2,(H2,32,33). The largest absolute Gasteiger partial charge is 0.369 e. The highest BCUT2D eigenvalue weighted by molar-refractivity contribution is 5.98. The number of aromatic nitrogens is 2. The van der Waals surface area contributed by atoms with Crippen molar-refractivity contribution in [1.29, 1.82) is 0 Å². The molecule has 1 aliphatic heterocycles. The third kappa shape index (κ3) is 4.18. The molecule has 0 spiro atoms. The van der Waals surface area contributed by atoms with Gasteiger partial charge in [-0.15, -0.1) is 0 Å². The monoisotopic (exact) mass is 473 g/mol. The number of hydrogen-bond donors (Lipinski definition) is 1. The SMILES string of the molecule is Nc1nc2cc(-c3ccccc3)cc(-c3ccccc3)c2c(=O)n1CC1CCC(c2ccccc2)O1. The molecule has 4 aromatic carbocycles. The van der Waals surface area contributed by atoms with E-state index in [4.69, 9.17) is 15.5 Å². The van der Waals surface area contributed by atoms with Gasteiger partial charge in [-0.3, -0.25) is 9.36 Å². The van der Waals surface area contributed by atoms with Gasteiger partial charge in [-0.1, -0.05) is 91.0 Å². The zero-order valence-corrected chi connectivity index (χ0v) is 19.9. The van der Waals surface area contributed by atoms with Crippen molar-refractivity contribution >= 4 is 16.9 Å². The predicted octanol–water partition coefficient (Wildman–Crippen LogP) is 6.23. The van der Waals surface area contributed by atoms with Crippen LogP contribution in [0.4, 0.5) is 5.95 Å². The molecule has 0 radical (unpaired) electrons. The molecule has 2 atom stereocenters. The Balaban J connectivity index is 1.43. The fraction of sp³-hybridized carbons (Fsp3) is 0.161. The Morgan fingerprint density at radius 1 is 0.806 bits per heavy atom. The number of nitrogens with two attached hydrogens (primary N) is 1. The molecule has 6 rings (SSSR count). The first kappa shape index (κ1) is 22.3. The van der Waals surface area contributed by atoms with Crippen LogP contribution < -0.4 is 11.3 Å². The fourth-order valence-corrected chi connectivity index (χ4v) is 5.14. The zero-order chi connectivity index (χ0) is 24.5. The van der Waals surface area contributed by atoms with E-state index in [0.717, 1.165) is 40.7 Å². The lowest BCUT2D eigenvalue weighted by atomic mass is 9.95. The quantitative estimate of drug-likeness (QED) is 0.328. The number of nitrogen functional groups attached to an aromatic ring is 1. The molecular formula is C31H27N3O2. The second-order valence-electron chi connectivity index (χ2n) is 9.27. The maximum absolute atomic E-state index is 13.9. The second-order valence-corrected chi connectivity index (χ2v) is 9.27. The number of fused-ring (bicyclic) bond motifs is 1. The molecule has 1 aromatic heterocycles. The number of rotatable bonds is 5. The second kappa shape index (κ2) is 9.44. The number of benzene rings is 4. The van der Waals surface area contributed by atoms with Crippen molar-refractivity contribution in [2.75, 3.05) is 5.73 Å². The molecule has 36 heavy (non-hydrogen) atoms. The van der Waals surface area contributed by atoms with Crippen LogP contribution in [0.2, 0.25) is 0 Å². The van der Waals surface area contributed by atoms with Gasteiger partial charge in [0.25, 0.3) is 5.56 Å². The highest BCUT2D eigenvalue weighted by atomic mass is 16.5. The zero-order valence-electron chi connectivity index (χ0n) is 19.9. The number of anilines is 1. The topological polar surface area (TPSA) is 70.1 Å². The summed E-state index contributed by atoms with van der Waals surface area (Å²) >= 11 is 0. The van der Waals surface area contributed by atoms with E-state index >= 15 is 0 Å². The Morgan fingerprint density at radius 2 is 1.44 bits per heavy atom. The molecule has 0 bridgehead atoms. The van der Waals surface area contributed by atoms with Crippen molar-refractivity contribution in [3.05, 3.63) is 119 Å². The van der Waals surface area contributed by atoms with Gasteiger partial charge < -0.3 is 10.5 Å². The molecule has 5 aromatic rings. The molecule has 5 nitrogen and oxygen atoms in total. The summed E-state index contributed by atoms with van der Waals surface area (Å²) in [5, 5.41) is 0.577. The lowest BCUT2D eigenvalue weighted by Gasteiger charge is -2.18. The molecule has 0 aliphatic carbocycles. The van der Waals surface area contributed by atoms with Gasteiger partial charge in [-0.25, -0.2) is 4.98 Å². The normalized spacial score (nSPS) is 17.4. The molecule has 2 unspecified atom stereocenters. The van der Waals surface area contributed by atoms with Crippen molar-refractivity contribution in [1.82, 2.24) is 9.55 Å². The van der Waals surface area contributed by atoms with Crippen LogP contribution in [0.15, 0.2) is 108 Å². The summed E-state index contributed by atoms with van der Waals surface area (Å²) in [6.07, 6.45) is 1.72. The molecule has 2 heterocycles. The van der Waals surface area contributed by atoms with Crippen LogP contribution in [-0.4, -0.2) is 15.7 Å². The van der Waals surface area contributed by atoms with Gasteiger partial charge >= 0.3 is 0 Å². The minimum absolute atomic E-state index is 0.0369. The van der Waals surface area contributed by atoms with E-state index in [1.165, 1.54) is 0 Å². The van der Waals surface area contributed by atoms with Crippen molar-refractivity contribution in [2.24, 2.45) is 0 Å². The number of ether oxygens (including phenoxy) is 1. The predicted molar refractivity (Wildman–Crippen MR) is 145 cm³/mol. The van der Waals surface area contributed by atoms with E-state index in [1.54, 1.807) is 4.57 Å². The lowest BCUT2D eigenvalue weighted by molar-refractivity contribution is 0.0348. The van der Waals surface area contributed by atoms with E-state index in [-0.39, 0.29) is 23.7 Å². The fourth-order valence-electron chi connectivity index (χ4n) is 5.14. The molecular weight excluding hydrogens is 446 g/mol. The maximum atomic E-state index is 13.9. The number of hydrogen-bond acceptors (Lipinski definition) is 4. The summed E-state index contributed by atoms with van der Waals surface area (Å²) in [7, 11) is 0. The van der Waals surface area contributed by atoms with Crippen LogP contribution in [-0.2, 0) is 11.3 Å². The van der Waals surface area contributed by atoms with Gasteiger partial charge in [-0.05, 0) is 52.8 Å². The average molecular weight is 474 g/mol. The molecule has 2 N–H and O–H groups in total. The van der Waals surface area contributed by atoms with Gasteiger partial charge in [0, 0.05) is 0 Å². The first-order chi connectivity index (χ1) is 17.7. The molecule has 1 aliphatic rings. The minimum atomic E-state index is -0.136. The highest BCUT2D eigenvalue weighted by Gasteiger charge is 2.28. The van der Waals surface area contributed by atoms with Crippen molar-refractivity contribution in [3.63, 3.8) is 0 Å². The Kier molecular flexibility index (Phi) is 5.84. The first-order valence-corrected chi connectivity index (χ1v) is 12.3. The smallest absolute Gasteiger partial charge is 0.263 e. The molecule has 178 valence electrons. The van der Waals surface area contributed by atoms with Gasteiger partial charge in [0.05, 0.1) is 29.7 Å². The van der Waals surface area contributed by atoms with Gasteiger partial charge in [-0.2, -0.15) is 0 Å². The Morgan fingerprint density at radius 3 is 2.14 bits per heavy atom. The van der Waals surface area contributed by atoms with Crippen LogP contribution in [0, 0.1) is 0 Å².